The van der Waals surface area contributed by atoms with Crippen molar-refractivity contribution in [1.82, 2.24) is 5.32 Å². The fourth-order valence-electron chi connectivity index (χ4n) is 3.06. The van der Waals surface area contributed by atoms with Crippen molar-refractivity contribution >= 4 is 0 Å². The van der Waals surface area contributed by atoms with Crippen molar-refractivity contribution < 1.29 is 4.74 Å². The van der Waals surface area contributed by atoms with Crippen LogP contribution in [0.4, 0.5) is 0 Å². The molecule has 1 aliphatic carbocycles. The van der Waals surface area contributed by atoms with Gasteiger partial charge in [-0.05, 0) is 52.0 Å². The molecule has 0 spiro atoms. The number of hydrogen-bond donors (Lipinski definition) is 1. The second-order valence-electron chi connectivity index (χ2n) is 6.20. The lowest BCUT2D eigenvalue weighted by molar-refractivity contribution is -0.0145. The molecule has 2 aliphatic rings. The standard InChI is InChI=1S/C14H27NO/c1-14(2)9-8-13(16-14)11-15-10-12-6-4-3-5-7-12/h12-13,15H,3-11H2,1-2H3. The van der Waals surface area contributed by atoms with Crippen molar-refractivity contribution in [2.45, 2.75) is 70.5 Å². The van der Waals surface area contributed by atoms with Gasteiger partial charge in [-0.3, -0.25) is 0 Å². The van der Waals surface area contributed by atoms with Gasteiger partial charge in [0.05, 0.1) is 11.7 Å². The summed E-state index contributed by atoms with van der Waals surface area (Å²) in [5.74, 6) is 0.933. The first-order valence-corrected chi connectivity index (χ1v) is 7.04. The number of nitrogens with one attached hydrogen (secondary N) is 1. The minimum Gasteiger partial charge on any atom is -0.371 e. The molecule has 1 aliphatic heterocycles. The van der Waals surface area contributed by atoms with Crippen LogP contribution in [0.25, 0.3) is 0 Å². The van der Waals surface area contributed by atoms with Crippen molar-refractivity contribution in [3.63, 3.8) is 0 Å². The van der Waals surface area contributed by atoms with Gasteiger partial charge >= 0.3 is 0 Å². The van der Waals surface area contributed by atoms with Crippen LogP contribution in [0.3, 0.4) is 0 Å². The van der Waals surface area contributed by atoms with Crippen LogP contribution in [0, 0.1) is 5.92 Å². The molecule has 0 bridgehead atoms. The van der Waals surface area contributed by atoms with Gasteiger partial charge in [0.1, 0.15) is 0 Å². The minimum atomic E-state index is 0.122. The molecule has 2 heteroatoms. The van der Waals surface area contributed by atoms with Crippen molar-refractivity contribution in [3.05, 3.63) is 0 Å². The van der Waals surface area contributed by atoms with Gasteiger partial charge in [0.25, 0.3) is 0 Å². The summed E-state index contributed by atoms with van der Waals surface area (Å²) in [4.78, 5) is 0. The van der Waals surface area contributed by atoms with E-state index in [1.807, 2.05) is 0 Å². The molecule has 0 amide bonds. The summed E-state index contributed by atoms with van der Waals surface area (Å²) in [6.45, 7) is 6.67. The van der Waals surface area contributed by atoms with Crippen LogP contribution in [0.1, 0.15) is 58.8 Å². The molecule has 1 N–H and O–H groups in total. The molecule has 0 aromatic heterocycles. The molecule has 0 aromatic rings. The van der Waals surface area contributed by atoms with Crippen molar-refractivity contribution in [1.29, 1.82) is 0 Å². The number of ether oxygens (including phenoxy) is 1. The zero-order valence-corrected chi connectivity index (χ0v) is 10.9. The molecule has 2 rings (SSSR count). The topological polar surface area (TPSA) is 21.3 Å². The smallest absolute Gasteiger partial charge is 0.0707 e. The minimum absolute atomic E-state index is 0.122. The van der Waals surface area contributed by atoms with Crippen LogP contribution >= 0.6 is 0 Å². The molecular weight excluding hydrogens is 198 g/mol. The fraction of sp³-hybridized carbons (Fsp3) is 1.00. The van der Waals surface area contributed by atoms with E-state index >= 15 is 0 Å². The van der Waals surface area contributed by atoms with Crippen LogP contribution in [0.2, 0.25) is 0 Å². The first kappa shape index (κ1) is 12.4. The largest absolute Gasteiger partial charge is 0.371 e. The zero-order chi connectivity index (χ0) is 11.4. The quantitative estimate of drug-likeness (QED) is 0.794. The first-order chi connectivity index (χ1) is 7.66. The molecule has 1 heterocycles. The van der Waals surface area contributed by atoms with E-state index in [0.717, 1.165) is 12.5 Å². The number of hydrogen-bond acceptors (Lipinski definition) is 2. The van der Waals surface area contributed by atoms with Crippen LogP contribution in [-0.4, -0.2) is 24.8 Å². The van der Waals surface area contributed by atoms with Gasteiger partial charge < -0.3 is 10.1 Å². The van der Waals surface area contributed by atoms with E-state index in [-0.39, 0.29) is 5.60 Å². The Bertz CT molecular complexity index is 209. The molecular formula is C14H27NO. The zero-order valence-electron chi connectivity index (χ0n) is 10.9. The van der Waals surface area contributed by atoms with Gasteiger partial charge in [0.15, 0.2) is 0 Å². The Morgan fingerprint density at radius 1 is 1.06 bits per heavy atom. The third-order valence-electron chi connectivity index (χ3n) is 4.08. The highest BCUT2D eigenvalue weighted by Gasteiger charge is 2.31. The second-order valence-corrected chi connectivity index (χ2v) is 6.20. The van der Waals surface area contributed by atoms with Gasteiger partial charge in [-0.1, -0.05) is 19.3 Å². The second kappa shape index (κ2) is 5.50. The van der Waals surface area contributed by atoms with Crippen molar-refractivity contribution in [2.75, 3.05) is 13.1 Å². The maximum atomic E-state index is 5.98. The third-order valence-corrected chi connectivity index (χ3v) is 4.08. The van der Waals surface area contributed by atoms with E-state index in [2.05, 4.69) is 19.2 Å². The van der Waals surface area contributed by atoms with E-state index < -0.39 is 0 Å². The summed E-state index contributed by atoms with van der Waals surface area (Å²) in [6.07, 6.45) is 10.1. The summed E-state index contributed by atoms with van der Waals surface area (Å²) in [5, 5.41) is 3.61. The molecule has 2 fully saturated rings. The molecule has 0 aromatic carbocycles. The Morgan fingerprint density at radius 2 is 1.81 bits per heavy atom. The first-order valence-electron chi connectivity index (χ1n) is 7.04. The molecule has 1 saturated heterocycles. The highest BCUT2D eigenvalue weighted by atomic mass is 16.5. The monoisotopic (exact) mass is 225 g/mol. The highest BCUT2D eigenvalue weighted by Crippen LogP contribution is 2.29. The van der Waals surface area contributed by atoms with Gasteiger partial charge in [-0.25, -0.2) is 0 Å². The Morgan fingerprint density at radius 3 is 2.44 bits per heavy atom. The Kier molecular flexibility index (Phi) is 4.26. The lowest BCUT2D eigenvalue weighted by atomic mass is 9.89. The SMILES string of the molecule is CC1(C)CCC(CNCC2CCCCC2)O1. The van der Waals surface area contributed by atoms with Crippen LogP contribution in [-0.2, 0) is 4.74 Å². The third kappa shape index (κ3) is 3.74. The van der Waals surface area contributed by atoms with E-state index in [1.165, 1.54) is 51.5 Å². The predicted octanol–water partition coefficient (Wildman–Crippen LogP) is 3.11. The summed E-state index contributed by atoms with van der Waals surface area (Å²) in [6, 6.07) is 0. The molecule has 1 saturated carbocycles. The maximum absolute atomic E-state index is 5.98. The lowest BCUT2D eigenvalue weighted by Gasteiger charge is -2.23. The molecule has 1 atom stereocenters. The Balaban J connectivity index is 1.58. The van der Waals surface area contributed by atoms with Crippen LogP contribution < -0.4 is 5.32 Å². The summed E-state index contributed by atoms with van der Waals surface area (Å²) >= 11 is 0. The van der Waals surface area contributed by atoms with Crippen molar-refractivity contribution in [2.24, 2.45) is 5.92 Å². The van der Waals surface area contributed by atoms with Gasteiger partial charge in [0.2, 0.25) is 0 Å². The fourth-order valence-corrected chi connectivity index (χ4v) is 3.06. The van der Waals surface area contributed by atoms with E-state index in [0.29, 0.717) is 6.10 Å². The molecule has 0 radical (unpaired) electrons. The highest BCUT2D eigenvalue weighted by molar-refractivity contribution is 4.82. The summed E-state index contributed by atoms with van der Waals surface area (Å²) in [5.41, 5.74) is 0.122. The normalized spacial score (nSPS) is 30.8. The van der Waals surface area contributed by atoms with Gasteiger partial charge in [0, 0.05) is 6.54 Å². The van der Waals surface area contributed by atoms with E-state index in [4.69, 9.17) is 4.74 Å². The predicted molar refractivity (Wildman–Crippen MR) is 67.6 cm³/mol. The van der Waals surface area contributed by atoms with Crippen LogP contribution in [0.15, 0.2) is 0 Å². The number of rotatable bonds is 4. The summed E-state index contributed by atoms with van der Waals surface area (Å²) < 4.78 is 5.98. The molecule has 94 valence electrons. The average molecular weight is 225 g/mol. The van der Waals surface area contributed by atoms with Crippen LogP contribution in [0.5, 0.6) is 0 Å². The van der Waals surface area contributed by atoms with Gasteiger partial charge in [-0.15, -0.1) is 0 Å². The maximum Gasteiger partial charge on any atom is 0.0707 e. The average Bonchev–Trinajstić information content (AvgIpc) is 2.60. The molecule has 16 heavy (non-hydrogen) atoms. The van der Waals surface area contributed by atoms with E-state index in [9.17, 15) is 0 Å². The molecule has 1 unspecified atom stereocenters. The van der Waals surface area contributed by atoms with Crippen molar-refractivity contribution in [3.8, 4) is 0 Å². The summed E-state index contributed by atoms with van der Waals surface area (Å²) in [7, 11) is 0. The molecule has 2 nitrogen and oxygen atoms in total. The lowest BCUT2D eigenvalue weighted by Crippen LogP contribution is -2.33. The Labute approximate surface area is 100 Å². The Hall–Kier alpha value is -0.0800. The van der Waals surface area contributed by atoms with E-state index in [1.54, 1.807) is 0 Å². The van der Waals surface area contributed by atoms with Gasteiger partial charge in [-0.2, -0.15) is 0 Å².